The fraction of sp³-hybridized carbons (Fsp3) is 0.273. The number of anilines is 1. The SMILES string of the molecule is O=C(Nc1ccc(Cl)cc1)[C@H]1CCCN(C(=O)Cc2c[nH]c3ccccc23)C1. The number of rotatable bonds is 4. The van der Waals surface area contributed by atoms with Gasteiger partial charge in [-0.25, -0.2) is 0 Å². The van der Waals surface area contributed by atoms with Crippen LogP contribution < -0.4 is 5.32 Å². The number of amides is 2. The molecule has 0 spiro atoms. The van der Waals surface area contributed by atoms with E-state index in [9.17, 15) is 9.59 Å². The average Bonchev–Trinajstić information content (AvgIpc) is 3.13. The molecule has 2 N–H and O–H groups in total. The number of para-hydroxylation sites is 1. The van der Waals surface area contributed by atoms with Crippen molar-refractivity contribution < 1.29 is 9.59 Å². The van der Waals surface area contributed by atoms with Gasteiger partial charge >= 0.3 is 0 Å². The second-order valence-electron chi connectivity index (χ2n) is 7.21. The summed E-state index contributed by atoms with van der Waals surface area (Å²) in [7, 11) is 0. The summed E-state index contributed by atoms with van der Waals surface area (Å²) in [6.45, 7) is 1.16. The lowest BCUT2D eigenvalue weighted by molar-refractivity contribution is -0.133. The number of aromatic nitrogens is 1. The number of likely N-dealkylation sites (tertiary alicyclic amines) is 1. The molecule has 6 heteroatoms. The topological polar surface area (TPSA) is 65.2 Å². The van der Waals surface area contributed by atoms with Gasteiger partial charge in [-0.1, -0.05) is 29.8 Å². The Kier molecular flexibility index (Phi) is 5.35. The van der Waals surface area contributed by atoms with E-state index in [1.807, 2.05) is 35.4 Å². The van der Waals surface area contributed by atoms with E-state index in [0.29, 0.717) is 24.5 Å². The van der Waals surface area contributed by atoms with Crippen LogP contribution in [-0.2, 0) is 16.0 Å². The van der Waals surface area contributed by atoms with Crippen molar-refractivity contribution in [1.82, 2.24) is 9.88 Å². The molecule has 28 heavy (non-hydrogen) atoms. The van der Waals surface area contributed by atoms with Gasteiger partial charge in [0.05, 0.1) is 12.3 Å². The number of nitrogens with zero attached hydrogens (tertiary/aromatic N) is 1. The molecule has 1 aliphatic heterocycles. The molecule has 1 atom stereocenters. The maximum atomic E-state index is 12.8. The molecule has 2 heterocycles. The van der Waals surface area contributed by atoms with Gasteiger partial charge in [-0.05, 0) is 48.7 Å². The van der Waals surface area contributed by atoms with Crippen molar-refractivity contribution >= 4 is 40.0 Å². The van der Waals surface area contributed by atoms with Crippen LogP contribution >= 0.6 is 11.6 Å². The molecule has 144 valence electrons. The first-order valence-electron chi connectivity index (χ1n) is 9.49. The number of halogens is 1. The molecule has 2 amide bonds. The lowest BCUT2D eigenvalue weighted by Crippen LogP contribution is -2.44. The van der Waals surface area contributed by atoms with Crippen LogP contribution in [0, 0.1) is 5.92 Å². The van der Waals surface area contributed by atoms with Crippen molar-refractivity contribution in [2.75, 3.05) is 18.4 Å². The highest BCUT2D eigenvalue weighted by atomic mass is 35.5. The van der Waals surface area contributed by atoms with E-state index in [1.54, 1.807) is 24.3 Å². The zero-order valence-corrected chi connectivity index (χ0v) is 16.2. The van der Waals surface area contributed by atoms with Gasteiger partial charge in [-0.15, -0.1) is 0 Å². The molecule has 0 unspecified atom stereocenters. The number of hydrogen-bond donors (Lipinski definition) is 2. The van der Waals surface area contributed by atoms with Crippen LogP contribution in [0.15, 0.2) is 54.7 Å². The van der Waals surface area contributed by atoms with E-state index in [4.69, 9.17) is 11.6 Å². The van der Waals surface area contributed by atoms with Gasteiger partial charge in [0.15, 0.2) is 0 Å². The summed E-state index contributed by atoms with van der Waals surface area (Å²) in [4.78, 5) is 30.5. The third-order valence-corrected chi connectivity index (χ3v) is 5.53. The van der Waals surface area contributed by atoms with E-state index in [2.05, 4.69) is 10.3 Å². The average molecular weight is 396 g/mol. The maximum Gasteiger partial charge on any atom is 0.229 e. The van der Waals surface area contributed by atoms with Gasteiger partial charge in [0, 0.05) is 40.9 Å². The van der Waals surface area contributed by atoms with Crippen molar-refractivity contribution in [3.05, 3.63) is 65.3 Å². The Morgan fingerprint density at radius 2 is 1.93 bits per heavy atom. The third-order valence-electron chi connectivity index (χ3n) is 5.27. The quantitative estimate of drug-likeness (QED) is 0.693. The van der Waals surface area contributed by atoms with Gasteiger partial charge in [-0.2, -0.15) is 0 Å². The summed E-state index contributed by atoms with van der Waals surface area (Å²) in [5, 5.41) is 4.63. The number of nitrogens with one attached hydrogen (secondary N) is 2. The lowest BCUT2D eigenvalue weighted by Gasteiger charge is -2.32. The first-order chi connectivity index (χ1) is 13.6. The Labute approximate surface area is 168 Å². The maximum absolute atomic E-state index is 12.8. The van der Waals surface area contributed by atoms with Gasteiger partial charge in [0.25, 0.3) is 0 Å². The zero-order valence-electron chi connectivity index (χ0n) is 15.5. The van der Waals surface area contributed by atoms with Crippen LogP contribution in [0.4, 0.5) is 5.69 Å². The number of hydrogen-bond acceptors (Lipinski definition) is 2. The molecule has 4 rings (SSSR count). The van der Waals surface area contributed by atoms with E-state index in [0.717, 1.165) is 35.0 Å². The predicted molar refractivity (Wildman–Crippen MR) is 111 cm³/mol. The van der Waals surface area contributed by atoms with Crippen LogP contribution in [-0.4, -0.2) is 34.8 Å². The van der Waals surface area contributed by atoms with E-state index in [-0.39, 0.29) is 17.7 Å². The van der Waals surface area contributed by atoms with Crippen molar-refractivity contribution in [3.8, 4) is 0 Å². The van der Waals surface area contributed by atoms with Crippen molar-refractivity contribution in [1.29, 1.82) is 0 Å². The highest BCUT2D eigenvalue weighted by Crippen LogP contribution is 2.23. The number of fused-ring (bicyclic) bond motifs is 1. The van der Waals surface area contributed by atoms with E-state index in [1.165, 1.54) is 0 Å². The molecule has 1 saturated heterocycles. The van der Waals surface area contributed by atoms with Crippen molar-refractivity contribution in [3.63, 3.8) is 0 Å². The lowest BCUT2D eigenvalue weighted by atomic mass is 9.96. The molecule has 0 aliphatic carbocycles. The number of carbonyl (C=O) groups is 2. The Hall–Kier alpha value is -2.79. The summed E-state index contributed by atoms with van der Waals surface area (Å²) in [5.74, 6) is -0.183. The second-order valence-corrected chi connectivity index (χ2v) is 7.65. The van der Waals surface area contributed by atoms with Gasteiger partial charge in [0.2, 0.25) is 11.8 Å². The second kappa shape index (κ2) is 8.07. The largest absolute Gasteiger partial charge is 0.361 e. The number of aromatic amines is 1. The highest BCUT2D eigenvalue weighted by Gasteiger charge is 2.28. The molecule has 0 saturated carbocycles. The number of carbonyl (C=O) groups excluding carboxylic acids is 2. The predicted octanol–water partition coefficient (Wildman–Crippen LogP) is 4.24. The molecule has 3 aromatic rings. The smallest absolute Gasteiger partial charge is 0.229 e. The van der Waals surface area contributed by atoms with Crippen LogP contribution in [0.25, 0.3) is 10.9 Å². The molecular formula is C22H22ClN3O2. The van der Waals surface area contributed by atoms with E-state index < -0.39 is 0 Å². The summed E-state index contributed by atoms with van der Waals surface area (Å²) < 4.78 is 0. The van der Waals surface area contributed by atoms with Crippen LogP contribution in [0.1, 0.15) is 18.4 Å². The Morgan fingerprint density at radius 1 is 1.14 bits per heavy atom. The molecule has 0 radical (unpaired) electrons. The molecule has 1 aliphatic rings. The summed E-state index contributed by atoms with van der Waals surface area (Å²) in [5.41, 5.74) is 2.74. The Bertz CT molecular complexity index is 996. The van der Waals surface area contributed by atoms with Crippen LogP contribution in [0.2, 0.25) is 5.02 Å². The fourth-order valence-electron chi connectivity index (χ4n) is 3.75. The molecule has 1 fully saturated rings. The third kappa shape index (κ3) is 4.04. The molecule has 1 aromatic heterocycles. The fourth-order valence-corrected chi connectivity index (χ4v) is 3.87. The number of benzene rings is 2. The van der Waals surface area contributed by atoms with Crippen LogP contribution in [0.5, 0.6) is 0 Å². The van der Waals surface area contributed by atoms with Crippen molar-refractivity contribution in [2.24, 2.45) is 5.92 Å². The monoisotopic (exact) mass is 395 g/mol. The van der Waals surface area contributed by atoms with Gasteiger partial charge in [0.1, 0.15) is 0 Å². The number of piperidine rings is 1. The van der Waals surface area contributed by atoms with Gasteiger partial charge < -0.3 is 15.2 Å². The Morgan fingerprint density at radius 3 is 2.75 bits per heavy atom. The van der Waals surface area contributed by atoms with Gasteiger partial charge in [-0.3, -0.25) is 9.59 Å². The van der Waals surface area contributed by atoms with Crippen LogP contribution in [0.3, 0.4) is 0 Å². The first-order valence-corrected chi connectivity index (χ1v) is 9.87. The normalized spacial score (nSPS) is 16.9. The van der Waals surface area contributed by atoms with Crippen molar-refractivity contribution in [2.45, 2.75) is 19.3 Å². The van der Waals surface area contributed by atoms with E-state index >= 15 is 0 Å². The minimum Gasteiger partial charge on any atom is -0.361 e. The minimum absolute atomic E-state index is 0.0492. The highest BCUT2D eigenvalue weighted by molar-refractivity contribution is 6.30. The molecule has 2 aromatic carbocycles. The molecule has 0 bridgehead atoms. The standard InChI is InChI=1S/C22H22ClN3O2/c23-17-7-9-18(10-8-17)25-22(28)15-4-3-11-26(14-15)21(27)12-16-13-24-20-6-2-1-5-19(16)20/h1-2,5-10,13,15,24H,3-4,11-12,14H2,(H,25,28)/t15-/m0/s1. The zero-order chi connectivity index (χ0) is 19.5. The first kappa shape index (κ1) is 18.6. The molecule has 5 nitrogen and oxygen atoms in total. The summed E-state index contributed by atoms with van der Waals surface area (Å²) >= 11 is 5.89. The minimum atomic E-state index is -0.198. The molecular weight excluding hydrogens is 374 g/mol. The summed E-state index contributed by atoms with van der Waals surface area (Å²) in [6.07, 6.45) is 3.86. The number of H-pyrrole nitrogens is 1. The Balaban J connectivity index is 1.39. The summed E-state index contributed by atoms with van der Waals surface area (Å²) in [6, 6.07) is 15.0.